The van der Waals surface area contributed by atoms with Gasteiger partial charge in [-0.2, -0.15) is 0 Å². The van der Waals surface area contributed by atoms with Crippen molar-refractivity contribution in [1.29, 1.82) is 0 Å². The van der Waals surface area contributed by atoms with Crippen molar-refractivity contribution < 1.29 is 38.1 Å². The number of carbonyl (C=O) groups excluding carboxylic acids is 4. The van der Waals surface area contributed by atoms with E-state index in [0.717, 1.165) is 17.7 Å². The average Bonchev–Trinajstić information content (AvgIpc) is 3.00. The molecule has 0 spiro atoms. The molecule has 8 nitrogen and oxygen atoms in total. The van der Waals surface area contributed by atoms with Crippen LogP contribution in [0.1, 0.15) is 58.2 Å². The highest BCUT2D eigenvalue weighted by Gasteiger charge is 2.21. The quantitative estimate of drug-likeness (QED) is 0.106. The van der Waals surface area contributed by atoms with Crippen molar-refractivity contribution in [2.75, 3.05) is 26.4 Å². The molecule has 0 saturated carbocycles. The number of carbonyl (C=O) groups is 4. The highest BCUT2D eigenvalue weighted by molar-refractivity contribution is 6.13. The fourth-order valence-electron chi connectivity index (χ4n) is 3.78. The van der Waals surface area contributed by atoms with Crippen LogP contribution in [0, 0.1) is 0 Å². The Morgan fingerprint density at radius 1 is 0.595 bits per heavy atom. The summed E-state index contributed by atoms with van der Waals surface area (Å²) in [6.07, 6.45) is 2.16. The van der Waals surface area contributed by atoms with Gasteiger partial charge < -0.3 is 18.9 Å². The van der Waals surface area contributed by atoms with Gasteiger partial charge in [-0.1, -0.05) is 33.9 Å². The van der Waals surface area contributed by atoms with Gasteiger partial charge in [-0.3, -0.25) is 9.59 Å². The monoisotopic (exact) mass is 570 g/mol. The van der Waals surface area contributed by atoms with Gasteiger partial charge in [0.2, 0.25) is 0 Å². The summed E-state index contributed by atoms with van der Waals surface area (Å²) in [7, 11) is 0. The molecular formula is C34H34O8. The molecule has 218 valence electrons. The second-order valence-electron chi connectivity index (χ2n) is 10.2. The van der Waals surface area contributed by atoms with E-state index in [0.29, 0.717) is 33.8 Å². The normalized spacial score (nSPS) is 10.7. The molecule has 42 heavy (non-hydrogen) atoms. The molecule has 0 amide bonds. The van der Waals surface area contributed by atoms with Gasteiger partial charge in [-0.25, -0.2) is 9.59 Å². The van der Waals surface area contributed by atoms with E-state index >= 15 is 0 Å². The summed E-state index contributed by atoms with van der Waals surface area (Å²) in [5.41, 5.74) is 2.19. The lowest BCUT2D eigenvalue weighted by atomic mass is 9.83. The number of esters is 2. The Morgan fingerprint density at radius 2 is 0.976 bits per heavy atom. The lowest BCUT2D eigenvalue weighted by Crippen LogP contribution is -2.15. The third-order valence-electron chi connectivity index (χ3n) is 6.08. The van der Waals surface area contributed by atoms with E-state index in [1.165, 1.54) is 0 Å². The van der Waals surface area contributed by atoms with Crippen LogP contribution in [0.4, 0.5) is 0 Å². The van der Waals surface area contributed by atoms with Crippen molar-refractivity contribution in [1.82, 2.24) is 0 Å². The first-order valence-corrected chi connectivity index (χ1v) is 13.3. The smallest absolute Gasteiger partial charge is 0.330 e. The summed E-state index contributed by atoms with van der Waals surface area (Å²) in [6, 6.07) is 18.5. The molecule has 0 N–H and O–H groups in total. The molecule has 0 fully saturated rings. The van der Waals surface area contributed by atoms with Crippen molar-refractivity contribution in [2.45, 2.75) is 26.2 Å². The Morgan fingerprint density at radius 3 is 1.31 bits per heavy atom. The molecule has 8 heteroatoms. The second kappa shape index (κ2) is 14.6. The Hall–Kier alpha value is -4.98. The van der Waals surface area contributed by atoms with Crippen molar-refractivity contribution in [3.63, 3.8) is 0 Å². The summed E-state index contributed by atoms with van der Waals surface area (Å²) >= 11 is 0. The maximum Gasteiger partial charge on any atom is 0.330 e. The van der Waals surface area contributed by atoms with Crippen LogP contribution in [0.2, 0.25) is 0 Å². The highest BCUT2D eigenvalue weighted by Crippen LogP contribution is 2.27. The summed E-state index contributed by atoms with van der Waals surface area (Å²) in [5, 5.41) is 0. The third kappa shape index (κ3) is 9.02. The minimum Gasteiger partial charge on any atom is -0.490 e. The molecule has 0 bridgehead atoms. The molecule has 3 aromatic carbocycles. The molecule has 3 aromatic rings. The van der Waals surface area contributed by atoms with Crippen LogP contribution in [0.15, 0.2) is 92.0 Å². The van der Waals surface area contributed by atoms with Crippen LogP contribution in [-0.2, 0) is 24.5 Å². The third-order valence-corrected chi connectivity index (χ3v) is 6.08. The number of hydrogen-bond donors (Lipinski definition) is 0. The number of hydrogen-bond acceptors (Lipinski definition) is 8. The van der Waals surface area contributed by atoms with Gasteiger partial charge in [0.05, 0.1) is 0 Å². The Balaban J connectivity index is 1.75. The standard InChI is InChI=1S/C34H34O8/c1-6-30(35)41-18-16-39-28-12-8-23(9-13-28)32(37)25-20-26(22-27(21-25)34(3,4)5)33(38)24-10-14-29(15-11-24)40-17-19-42-31(36)7-2/h6-15,20-22H,1-2,16-19H2,3-5H3. The van der Waals surface area contributed by atoms with Crippen LogP contribution < -0.4 is 9.47 Å². The minimum absolute atomic E-state index is 0.0743. The van der Waals surface area contributed by atoms with Gasteiger partial charge in [0.25, 0.3) is 0 Å². The Bertz CT molecular complexity index is 1340. The van der Waals surface area contributed by atoms with Crippen LogP contribution in [0.5, 0.6) is 11.5 Å². The van der Waals surface area contributed by atoms with Gasteiger partial charge in [-0.15, -0.1) is 0 Å². The maximum atomic E-state index is 13.5. The van der Waals surface area contributed by atoms with Crippen LogP contribution in [0.25, 0.3) is 0 Å². The van der Waals surface area contributed by atoms with E-state index in [4.69, 9.17) is 18.9 Å². The summed E-state index contributed by atoms with van der Waals surface area (Å²) in [6.45, 7) is 13.2. The van der Waals surface area contributed by atoms with Gasteiger partial charge >= 0.3 is 11.9 Å². The molecule has 0 unspecified atom stereocenters. The van der Waals surface area contributed by atoms with Crippen LogP contribution in [-0.4, -0.2) is 49.9 Å². The van der Waals surface area contributed by atoms with Crippen molar-refractivity contribution in [3.8, 4) is 11.5 Å². The lowest BCUT2D eigenvalue weighted by Gasteiger charge is -2.21. The molecule has 0 saturated heterocycles. The van der Waals surface area contributed by atoms with Gasteiger partial charge in [0, 0.05) is 34.4 Å². The Kier molecular flexibility index (Phi) is 11.0. The molecule has 0 aliphatic carbocycles. The highest BCUT2D eigenvalue weighted by atomic mass is 16.6. The van der Waals surface area contributed by atoms with E-state index in [1.807, 2.05) is 32.9 Å². The molecule has 0 radical (unpaired) electrons. The number of rotatable bonds is 14. The first-order valence-electron chi connectivity index (χ1n) is 13.3. The summed E-state index contributed by atoms with van der Waals surface area (Å²) in [5.74, 6) is -0.482. The minimum atomic E-state index is -0.526. The number of ketones is 2. The van der Waals surface area contributed by atoms with Gasteiger partial charge in [0.1, 0.15) is 37.9 Å². The summed E-state index contributed by atoms with van der Waals surface area (Å²) < 4.78 is 20.9. The first kappa shape index (κ1) is 31.5. The van der Waals surface area contributed by atoms with Crippen molar-refractivity contribution in [2.24, 2.45) is 0 Å². The molecular weight excluding hydrogens is 536 g/mol. The topological polar surface area (TPSA) is 105 Å². The predicted octanol–water partition coefficient (Wildman–Crippen LogP) is 5.66. The SMILES string of the molecule is C=CC(=O)OCCOc1ccc(C(=O)c2cc(C(=O)c3ccc(OCCOC(=O)C=C)cc3)cc(C(C)(C)C)c2)cc1. The second-order valence-corrected chi connectivity index (χ2v) is 10.2. The molecule has 0 aliphatic rings. The van der Waals surface area contributed by atoms with E-state index in [2.05, 4.69) is 13.2 Å². The maximum absolute atomic E-state index is 13.5. The molecule has 3 rings (SSSR count). The fraction of sp³-hybridized carbons (Fsp3) is 0.235. The molecule has 0 atom stereocenters. The number of benzene rings is 3. The predicted molar refractivity (Wildman–Crippen MR) is 158 cm³/mol. The van der Waals surface area contributed by atoms with Crippen molar-refractivity contribution >= 4 is 23.5 Å². The fourth-order valence-corrected chi connectivity index (χ4v) is 3.78. The van der Waals surface area contributed by atoms with E-state index in [1.54, 1.807) is 54.6 Å². The van der Waals surface area contributed by atoms with E-state index < -0.39 is 11.9 Å². The summed E-state index contributed by atoms with van der Waals surface area (Å²) in [4.78, 5) is 49.2. The zero-order chi connectivity index (χ0) is 30.7. The van der Waals surface area contributed by atoms with Crippen molar-refractivity contribution in [3.05, 3.63) is 120 Å². The van der Waals surface area contributed by atoms with Crippen LogP contribution in [0.3, 0.4) is 0 Å². The number of ether oxygens (including phenoxy) is 4. The average molecular weight is 571 g/mol. The lowest BCUT2D eigenvalue weighted by molar-refractivity contribution is -0.139. The zero-order valence-electron chi connectivity index (χ0n) is 24.0. The van der Waals surface area contributed by atoms with Crippen LogP contribution >= 0.6 is 0 Å². The zero-order valence-corrected chi connectivity index (χ0v) is 24.0. The van der Waals surface area contributed by atoms with Gasteiger partial charge in [-0.05, 0) is 77.7 Å². The van der Waals surface area contributed by atoms with Gasteiger partial charge in [0.15, 0.2) is 11.6 Å². The molecule has 0 aromatic heterocycles. The molecule has 0 aliphatic heterocycles. The van der Waals surface area contributed by atoms with E-state index in [-0.39, 0.29) is 43.4 Å². The Labute approximate surface area is 245 Å². The van der Waals surface area contributed by atoms with E-state index in [9.17, 15) is 19.2 Å². The molecule has 0 heterocycles. The first-order chi connectivity index (χ1) is 20.0. The largest absolute Gasteiger partial charge is 0.490 e.